The van der Waals surface area contributed by atoms with E-state index >= 15 is 0 Å². The molecule has 112 valence electrons. The van der Waals surface area contributed by atoms with E-state index in [4.69, 9.17) is 0 Å². The van der Waals surface area contributed by atoms with Crippen molar-refractivity contribution in [1.82, 2.24) is 10.6 Å². The van der Waals surface area contributed by atoms with Crippen LogP contribution in [0, 0.1) is 5.41 Å². The Labute approximate surface area is 117 Å². The second-order valence-electron chi connectivity index (χ2n) is 7.23. The lowest BCUT2D eigenvalue weighted by molar-refractivity contribution is -0.128. The Morgan fingerprint density at radius 3 is 2.21 bits per heavy atom. The van der Waals surface area contributed by atoms with Crippen LogP contribution < -0.4 is 10.6 Å². The van der Waals surface area contributed by atoms with Gasteiger partial charge in [0.05, 0.1) is 11.1 Å². The average molecular weight is 270 g/mol. The van der Waals surface area contributed by atoms with Crippen molar-refractivity contribution in [3.63, 3.8) is 0 Å². The molecule has 0 bridgehead atoms. The molecule has 0 radical (unpaired) electrons. The van der Waals surface area contributed by atoms with E-state index in [2.05, 4.69) is 24.5 Å². The van der Waals surface area contributed by atoms with Crippen molar-refractivity contribution in [2.75, 3.05) is 13.1 Å². The lowest BCUT2D eigenvalue weighted by Crippen LogP contribution is -2.56. The highest BCUT2D eigenvalue weighted by Gasteiger charge is 2.37. The average Bonchev–Trinajstić information content (AvgIpc) is 2.31. The summed E-state index contributed by atoms with van der Waals surface area (Å²) in [6, 6.07) is 0. The Hall–Kier alpha value is -0.610. The van der Waals surface area contributed by atoms with E-state index in [9.17, 15) is 9.90 Å². The van der Waals surface area contributed by atoms with Gasteiger partial charge in [0.1, 0.15) is 0 Å². The number of likely N-dealkylation sites (N-methyl/N-ethyl adjacent to an activating group) is 1. The summed E-state index contributed by atoms with van der Waals surface area (Å²) in [7, 11) is 0. The first-order valence-electron chi connectivity index (χ1n) is 7.36. The maximum absolute atomic E-state index is 12.1. The SMILES string of the molecule is CCNC(C)(C)C(=O)NCC1(O)CCC(C)(C)CC1. The third-order valence-corrected chi connectivity index (χ3v) is 4.30. The number of hydrogen-bond acceptors (Lipinski definition) is 3. The van der Waals surface area contributed by atoms with Gasteiger partial charge in [-0.15, -0.1) is 0 Å². The van der Waals surface area contributed by atoms with Crippen LogP contribution in [0.25, 0.3) is 0 Å². The number of carbonyl (C=O) groups excluding carboxylic acids is 1. The van der Waals surface area contributed by atoms with E-state index in [-0.39, 0.29) is 5.91 Å². The minimum atomic E-state index is -0.729. The zero-order valence-corrected chi connectivity index (χ0v) is 13.1. The minimum Gasteiger partial charge on any atom is -0.388 e. The summed E-state index contributed by atoms with van der Waals surface area (Å²) in [5.41, 5.74) is -0.994. The molecule has 19 heavy (non-hydrogen) atoms. The van der Waals surface area contributed by atoms with E-state index in [1.165, 1.54) is 0 Å². The highest BCUT2D eigenvalue weighted by atomic mass is 16.3. The van der Waals surface area contributed by atoms with Gasteiger partial charge in [-0.05, 0) is 51.5 Å². The summed E-state index contributed by atoms with van der Waals surface area (Å²) in [6.45, 7) is 11.3. The van der Waals surface area contributed by atoms with Gasteiger partial charge in [-0.1, -0.05) is 20.8 Å². The summed E-state index contributed by atoms with van der Waals surface area (Å²) < 4.78 is 0. The molecule has 1 saturated carbocycles. The van der Waals surface area contributed by atoms with Crippen molar-refractivity contribution in [2.24, 2.45) is 5.41 Å². The van der Waals surface area contributed by atoms with E-state index in [0.717, 1.165) is 32.2 Å². The largest absolute Gasteiger partial charge is 0.388 e. The number of amides is 1. The van der Waals surface area contributed by atoms with E-state index in [1.54, 1.807) is 0 Å². The van der Waals surface area contributed by atoms with Gasteiger partial charge in [-0.3, -0.25) is 4.79 Å². The fraction of sp³-hybridized carbons (Fsp3) is 0.933. The smallest absolute Gasteiger partial charge is 0.239 e. The Kier molecular flexibility index (Phi) is 5.02. The highest BCUT2D eigenvalue weighted by Crippen LogP contribution is 2.39. The summed E-state index contributed by atoms with van der Waals surface area (Å²) in [5.74, 6) is -0.0485. The maximum Gasteiger partial charge on any atom is 0.239 e. The normalized spacial score (nSPS) is 22.0. The first-order valence-corrected chi connectivity index (χ1v) is 7.36. The van der Waals surface area contributed by atoms with Crippen molar-refractivity contribution >= 4 is 5.91 Å². The zero-order valence-electron chi connectivity index (χ0n) is 13.1. The molecule has 0 spiro atoms. The Balaban J connectivity index is 2.46. The van der Waals surface area contributed by atoms with Gasteiger partial charge in [0.25, 0.3) is 0 Å². The molecule has 3 N–H and O–H groups in total. The van der Waals surface area contributed by atoms with Crippen LogP contribution in [0.3, 0.4) is 0 Å². The van der Waals surface area contributed by atoms with Crippen LogP contribution in [-0.2, 0) is 4.79 Å². The molecule has 1 aliphatic carbocycles. The number of hydrogen-bond donors (Lipinski definition) is 3. The fourth-order valence-electron chi connectivity index (χ4n) is 2.56. The molecule has 0 aromatic heterocycles. The molecule has 0 aliphatic heterocycles. The van der Waals surface area contributed by atoms with Crippen molar-refractivity contribution in [3.05, 3.63) is 0 Å². The van der Waals surface area contributed by atoms with Crippen molar-refractivity contribution < 1.29 is 9.90 Å². The third kappa shape index (κ3) is 4.77. The zero-order chi connectivity index (χ0) is 14.7. The lowest BCUT2D eigenvalue weighted by Gasteiger charge is -2.40. The number of nitrogens with one attached hydrogen (secondary N) is 2. The Bertz CT molecular complexity index is 314. The standard InChI is InChI=1S/C15H30N2O2/c1-6-17-14(4,5)12(18)16-11-15(19)9-7-13(2,3)8-10-15/h17,19H,6-11H2,1-5H3,(H,16,18). The molecule has 4 nitrogen and oxygen atoms in total. The molecule has 0 heterocycles. The quantitative estimate of drug-likeness (QED) is 0.714. The molecule has 0 atom stereocenters. The molecular weight excluding hydrogens is 240 g/mol. The summed E-state index contributed by atoms with van der Waals surface area (Å²) in [6.07, 6.45) is 3.55. The highest BCUT2D eigenvalue weighted by molar-refractivity contribution is 5.85. The Morgan fingerprint density at radius 1 is 1.21 bits per heavy atom. The minimum absolute atomic E-state index is 0.0485. The van der Waals surface area contributed by atoms with Crippen molar-refractivity contribution in [1.29, 1.82) is 0 Å². The monoisotopic (exact) mass is 270 g/mol. The van der Waals surface area contributed by atoms with Gasteiger partial charge in [0.15, 0.2) is 0 Å². The molecule has 4 heteroatoms. The summed E-state index contributed by atoms with van der Waals surface area (Å²) >= 11 is 0. The third-order valence-electron chi connectivity index (χ3n) is 4.30. The van der Waals surface area contributed by atoms with Crippen LogP contribution in [0.1, 0.15) is 60.3 Å². The second kappa shape index (κ2) is 5.80. The molecular formula is C15H30N2O2. The van der Waals surface area contributed by atoms with Crippen molar-refractivity contribution in [3.8, 4) is 0 Å². The van der Waals surface area contributed by atoms with Gasteiger partial charge < -0.3 is 15.7 Å². The lowest BCUT2D eigenvalue weighted by atomic mass is 9.71. The van der Waals surface area contributed by atoms with E-state index in [0.29, 0.717) is 12.0 Å². The number of rotatable bonds is 5. The van der Waals surface area contributed by atoms with Crippen LogP contribution in [0.5, 0.6) is 0 Å². The van der Waals surface area contributed by atoms with E-state index < -0.39 is 11.1 Å². The molecule has 1 aliphatic rings. The molecule has 1 amide bonds. The topological polar surface area (TPSA) is 61.4 Å². The van der Waals surface area contributed by atoms with Gasteiger partial charge in [0.2, 0.25) is 5.91 Å². The van der Waals surface area contributed by atoms with Crippen LogP contribution in [0.15, 0.2) is 0 Å². The molecule has 0 aromatic rings. The van der Waals surface area contributed by atoms with Gasteiger partial charge in [-0.2, -0.15) is 0 Å². The van der Waals surface area contributed by atoms with Crippen LogP contribution in [-0.4, -0.2) is 35.2 Å². The predicted octanol–water partition coefficient (Wildman–Crippen LogP) is 1.82. The summed E-state index contributed by atoms with van der Waals surface area (Å²) in [5, 5.41) is 16.5. The van der Waals surface area contributed by atoms with Gasteiger partial charge in [0, 0.05) is 6.54 Å². The van der Waals surface area contributed by atoms with Crippen molar-refractivity contribution in [2.45, 2.75) is 71.4 Å². The van der Waals surface area contributed by atoms with E-state index in [1.807, 2.05) is 20.8 Å². The molecule has 0 saturated heterocycles. The molecule has 1 fully saturated rings. The van der Waals surface area contributed by atoms with Crippen LogP contribution >= 0.6 is 0 Å². The fourth-order valence-corrected chi connectivity index (χ4v) is 2.56. The number of carbonyl (C=O) groups is 1. The Morgan fingerprint density at radius 2 is 1.74 bits per heavy atom. The van der Waals surface area contributed by atoms with Gasteiger partial charge >= 0.3 is 0 Å². The number of aliphatic hydroxyl groups is 1. The predicted molar refractivity (Wildman–Crippen MR) is 78.0 cm³/mol. The molecule has 0 aromatic carbocycles. The molecule has 0 unspecified atom stereocenters. The van der Waals surface area contributed by atoms with Crippen LogP contribution in [0.4, 0.5) is 0 Å². The maximum atomic E-state index is 12.1. The first kappa shape index (κ1) is 16.4. The molecule has 1 rings (SSSR count). The first-order chi connectivity index (χ1) is 8.60. The van der Waals surface area contributed by atoms with Gasteiger partial charge in [-0.25, -0.2) is 0 Å². The van der Waals surface area contributed by atoms with Crippen LogP contribution in [0.2, 0.25) is 0 Å². The second-order valence-corrected chi connectivity index (χ2v) is 7.23. The summed E-state index contributed by atoms with van der Waals surface area (Å²) in [4.78, 5) is 12.1.